The van der Waals surface area contributed by atoms with Crippen LogP contribution in [0.5, 0.6) is 0 Å². The Morgan fingerprint density at radius 2 is 1.85 bits per heavy atom. The molecule has 1 atom stereocenters. The summed E-state index contributed by atoms with van der Waals surface area (Å²) >= 11 is 0. The van der Waals surface area contributed by atoms with E-state index in [2.05, 4.69) is 0 Å². The second-order valence-electron chi connectivity index (χ2n) is 5.19. The quantitative estimate of drug-likeness (QED) is 0.854. The molecule has 0 bridgehead atoms. The number of aliphatic carboxylic acids is 1. The number of carboxylic acid groups (broad SMARTS) is 1. The van der Waals surface area contributed by atoms with E-state index in [1.165, 1.54) is 4.90 Å². The minimum atomic E-state index is -0.995. The van der Waals surface area contributed by atoms with Gasteiger partial charge in [-0.15, -0.1) is 0 Å². The van der Waals surface area contributed by atoms with Crippen LogP contribution in [-0.4, -0.2) is 34.5 Å². The Kier molecular flexibility index (Phi) is 4.74. The molecule has 5 heteroatoms. The zero-order valence-corrected chi connectivity index (χ0v) is 11.4. The van der Waals surface area contributed by atoms with E-state index in [4.69, 9.17) is 10.8 Å². The van der Waals surface area contributed by atoms with Gasteiger partial charge in [0.25, 0.3) is 0 Å². The molecule has 108 valence electrons. The van der Waals surface area contributed by atoms with Crippen LogP contribution < -0.4 is 5.73 Å². The molecule has 3 N–H and O–H groups in total. The van der Waals surface area contributed by atoms with Gasteiger partial charge >= 0.3 is 5.97 Å². The second-order valence-corrected chi connectivity index (χ2v) is 5.19. The molecule has 1 aromatic rings. The van der Waals surface area contributed by atoms with Crippen LogP contribution in [0.25, 0.3) is 0 Å². The van der Waals surface area contributed by atoms with Gasteiger partial charge in [0.2, 0.25) is 5.91 Å². The predicted octanol–water partition coefficient (Wildman–Crippen LogP) is 1.54. The molecule has 1 aromatic carbocycles. The molecule has 20 heavy (non-hydrogen) atoms. The maximum atomic E-state index is 12.5. The maximum absolute atomic E-state index is 12.5. The topological polar surface area (TPSA) is 83.6 Å². The van der Waals surface area contributed by atoms with Gasteiger partial charge in [-0.05, 0) is 18.4 Å². The summed E-state index contributed by atoms with van der Waals surface area (Å²) in [6, 6.07) is 8.28. The highest BCUT2D eigenvalue weighted by atomic mass is 16.4. The van der Waals surface area contributed by atoms with Crippen molar-refractivity contribution >= 4 is 11.9 Å². The predicted molar refractivity (Wildman–Crippen MR) is 75.0 cm³/mol. The largest absolute Gasteiger partial charge is 0.480 e. The third kappa shape index (κ3) is 3.36. The van der Waals surface area contributed by atoms with Crippen molar-refractivity contribution in [3.05, 3.63) is 35.9 Å². The standard InChI is InChI=1S/C15H20N2O3/c16-14(11-6-2-1-3-7-11)15(20)17(10-13(18)19)12-8-4-5-9-12/h1-3,6-7,12,14H,4-5,8-10,16H2,(H,18,19)/t14-/m0/s1. The number of carbonyl (C=O) groups excluding carboxylic acids is 1. The van der Waals surface area contributed by atoms with E-state index in [1.807, 2.05) is 18.2 Å². The van der Waals surface area contributed by atoms with Crippen LogP contribution >= 0.6 is 0 Å². The van der Waals surface area contributed by atoms with Crippen molar-refractivity contribution in [2.45, 2.75) is 37.8 Å². The molecule has 0 aliphatic heterocycles. The van der Waals surface area contributed by atoms with Crippen LogP contribution in [0.15, 0.2) is 30.3 Å². The van der Waals surface area contributed by atoms with Crippen LogP contribution in [0.3, 0.4) is 0 Å². The summed E-state index contributed by atoms with van der Waals surface area (Å²) < 4.78 is 0. The normalized spacial score (nSPS) is 16.9. The number of hydrogen-bond donors (Lipinski definition) is 2. The number of carbonyl (C=O) groups is 2. The number of benzene rings is 1. The van der Waals surface area contributed by atoms with Crippen LogP contribution in [-0.2, 0) is 9.59 Å². The van der Waals surface area contributed by atoms with Gasteiger partial charge < -0.3 is 15.7 Å². The van der Waals surface area contributed by atoms with E-state index in [0.717, 1.165) is 25.7 Å². The highest BCUT2D eigenvalue weighted by Crippen LogP contribution is 2.25. The Hall–Kier alpha value is -1.88. The van der Waals surface area contributed by atoms with Crippen LogP contribution in [0.2, 0.25) is 0 Å². The molecule has 2 rings (SSSR count). The van der Waals surface area contributed by atoms with E-state index in [1.54, 1.807) is 12.1 Å². The molecule has 0 aromatic heterocycles. The van der Waals surface area contributed by atoms with Gasteiger partial charge in [0, 0.05) is 6.04 Å². The van der Waals surface area contributed by atoms with Gasteiger partial charge in [-0.25, -0.2) is 0 Å². The summed E-state index contributed by atoms with van der Waals surface area (Å²) in [6.07, 6.45) is 3.80. The lowest BCUT2D eigenvalue weighted by molar-refractivity contribution is -0.146. The van der Waals surface area contributed by atoms with Crippen molar-refractivity contribution in [1.29, 1.82) is 0 Å². The molecule has 0 spiro atoms. The first-order chi connectivity index (χ1) is 9.59. The van der Waals surface area contributed by atoms with Gasteiger partial charge in [-0.1, -0.05) is 43.2 Å². The van der Waals surface area contributed by atoms with E-state index >= 15 is 0 Å². The average molecular weight is 276 g/mol. The molecule has 0 radical (unpaired) electrons. The number of nitrogens with two attached hydrogens (primary N) is 1. The molecule has 5 nitrogen and oxygen atoms in total. The molecule has 1 aliphatic rings. The first-order valence-electron chi connectivity index (χ1n) is 6.92. The first kappa shape index (κ1) is 14.5. The summed E-state index contributed by atoms with van der Waals surface area (Å²) in [4.78, 5) is 24.9. The first-order valence-corrected chi connectivity index (χ1v) is 6.92. The molecule has 1 amide bonds. The summed E-state index contributed by atoms with van der Waals surface area (Å²) in [5, 5.41) is 9.01. The Labute approximate surface area is 118 Å². The van der Waals surface area contributed by atoms with E-state index in [0.29, 0.717) is 5.56 Å². The van der Waals surface area contributed by atoms with E-state index in [-0.39, 0.29) is 18.5 Å². The Bertz CT molecular complexity index is 469. The monoisotopic (exact) mass is 276 g/mol. The van der Waals surface area contributed by atoms with Crippen LogP contribution in [0, 0.1) is 0 Å². The number of hydrogen-bond acceptors (Lipinski definition) is 3. The third-order valence-electron chi connectivity index (χ3n) is 3.78. The van der Waals surface area contributed by atoms with Crippen molar-refractivity contribution in [1.82, 2.24) is 4.90 Å². The molecule has 0 unspecified atom stereocenters. The molecule has 1 aliphatic carbocycles. The number of rotatable bonds is 5. The fourth-order valence-corrected chi connectivity index (χ4v) is 2.73. The van der Waals surface area contributed by atoms with Gasteiger partial charge in [0.05, 0.1) is 0 Å². The average Bonchev–Trinajstić information content (AvgIpc) is 2.98. The van der Waals surface area contributed by atoms with E-state index < -0.39 is 12.0 Å². The third-order valence-corrected chi connectivity index (χ3v) is 3.78. The highest BCUT2D eigenvalue weighted by molar-refractivity contribution is 5.86. The van der Waals surface area contributed by atoms with Gasteiger partial charge in [-0.3, -0.25) is 9.59 Å². The lowest BCUT2D eigenvalue weighted by atomic mass is 10.1. The fourth-order valence-electron chi connectivity index (χ4n) is 2.73. The van der Waals surface area contributed by atoms with Gasteiger partial charge in [0.15, 0.2) is 0 Å². The van der Waals surface area contributed by atoms with Crippen molar-refractivity contribution < 1.29 is 14.7 Å². The molecule has 1 saturated carbocycles. The Morgan fingerprint density at radius 1 is 1.25 bits per heavy atom. The fraction of sp³-hybridized carbons (Fsp3) is 0.467. The number of carboxylic acids is 1. The van der Waals surface area contributed by atoms with Crippen molar-refractivity contribution in [3.63, 3.8) is 0 Å². The van der Waals surface area contributed by atoms with Crippen molar-refractivity contribution in [2.24, 2.45) is 5.73 Å². The van der Waals surface area contributed by atoms with Crippen LogP contribution in [0.4, 0.5) is 0 Å². The molecular weight excluding hydrogens is 256 g/mol. The lowest BCUT2D eigenvalue weighted by Crippen LogP contribution is -2.46. The molecule has 0 saturated heterocycles. The SMILES string of the molecule is N[C@H](C(=O)N(CC(=O)O)C1CCCC1)c1ccccc1. The maximum Gasteiger partial charge on any atom is 0.323 e. The Balaban J connectivity index is 2.15. The smallest absolute Gasteiger partial charge is 0.323 e. The molecule has 0 heterocycles. The van der Waals surface area contributed by atoms with E-state index in [9.17, 15) is 9.59 Å². The zero-order valence-electron chi connectivity index (χ0n) is 11.4. The summed E-state index contributed by atoms with van der Waals surface area (Å²) in [7, 11) is 0. The summed E-state index contributed by atoms with van der Waals surface area (Å²) in [5.74, 6) is -1.30. The van der Waals surface area contributed by atoms with Gasteiger partial charge in [-0.2, -0.15) is 0 Å². The highest BCUT2D eigenvalue weighted by Gasteiger charge is 2.31. The zero-order chi connectivity index (χ0) is 14.5. The summed E-state index contributed by atoms with van der Waals surface area (Å²) in [5.41, 5.74) is 6.71. The lowest BCUT2D eigenvalue weighted by Gasteiger charge is -2.30. The molecule has 1 fully saturated rings. The van der Waals surface area contributed by atoms with Gasteiger partial charge in [0.1, 0.15) is 12.6 Å². The summed E-state index contributed by atoms with van der Waals surface area (Å²) in [6.45, 7) is -0.274. The Morgan fingerprint density at radius 3 is 2.40 bits per heavy atom. The van der Waals surface area contributed by atoms with Crippen molar-refractivity contribution in [2.75, 3.05) is 6.54 Å². The minimum Gasteiger partial charge on any atom is -0.480 e. The van der Waals surface area contributed by atoms with Crippen molar-refractivity contribution in [3.8, 4) is 0 Å². The minimum absolute atomic E-state index is 0.00774. The van der Waals surface area contributed by atoms with Crippen LogP contribution in [0.1, 0.15) is 37.3 Å². The number of amides is 1. The number of nitrogens with zero attached hydrogens (tertiary/aromatic N) is 1. The molecular formula is C15H20N2O3. The second kappa shape index (κ2) is 6.52.